The maximum atomic E-state index is 14.5. The third-order valence-corrected chi connectivity index (χ3v) is 7.29. The Hall–Kier alpha value is -4.10. The molecule has 6 nitrogen and oxygen atoms in total. The van der Waals surface area contributed by atoms with Crippen molar-refractivity contribution in [2.75, 3.05) is 14.2 Å². The van der Waals surface area contributed by atoms with Gasteiger partial charge in [-0.25, -0.2) is 4.39 Å². The first-order valence-corrected chi connectivity index (χ1v) is 13.1. The molecule has 1 atom stereocenters. The molecule has 2 aliphatic carbocycles. The number of methoxy groups -OCH3 is 2. The Bertz CT molecular complexity index is 1420. The van der Waals surface area contributed by atoms with E-state index in [9.17, 15) is 14.3 Å². The number of phenols is 1. The zero-order valence-corrected chi connectivity index (χ0v) is 22.4. The van der Waals surface area contributed by atoms with E-state index < -0.39 is 6.04 Å². The molecule has 1 amide bonds. The van der Waals surface area contributed by atoms with Crippen LogP contribution in [0.1, 0.15) is 42.0 Å². The highest BCUT2D eigenvalue weighted by Crippen LogP contribution is 2.44. The molecule has 0 aromatic heterocycles. The van der Waals surface area contributed by atoms with E-state index in [1.165, 1.54) is 26.4 Å². The number of rotatable bonds is 10. The van der Waals surface area contributed by atoms with E-state index in [1.807, 2.05) is 37.3 Å². The molecule has 0 saturated heterocycles. The molecule has 7 heteroatoms. The second-order valence-corrected chi connectivity index (χ2v) is 9.98. The number of allylic oxidation sites excluding steroid dienone is 3. The van der Waals surface area contributed by atoms with E-state index in [-0.39, 0.29) is 23.5 Å². The lowest BCUT2D eigenvalue weighted by atomic mass is 9.97. The molecule has 3 aromatic carbocycles. The van der Waals surface area contributed by atoms with Crippen LogP contribution in [0.15, 0.2) is 72.3 Å². The quantitative estimate of drug-likeness (QED) is 0.329. The van der Waals surface area contributed by atoms with Gasteiger partial charge in [-0.15, -0.1) is 0 Å². The van der Waals surface area contributed by atoms with Gasteiger partial charge in [-0.2, -0.15) is 0 Å². The molecule has 0 radical (unpaired) electrons. The van der Waals surface area contributed by atoms with Crippen molar-refractivity contribution in [2.45, 2.75) is 44.8 Å². The number of hydrogen-bond donors (Lipinski definition) is 3. The molecule has 0 heterocycles. The van der Waals surface area contributed by atoms with Crippen molar-refractivity contribution in [3.05, 3.63) is 100 Å². The lowest BCUT2D eigenvalue weighted by Gasteiger charge is -2.21. The zero-order valence-electron chi connectivity index (χ0n) is 22.4. The maximum Gasteiger partial charge on any atom is 0.242 e. The Morgan fingerprint density at radius 2 is 1.72 bits per heavy atom. The van der Waals surface area contributed by atoms with Crippen LogP contribution in [0.4, 0.5) is 4.39 Å². The average Bonchev–Trinajstić information content (AvgIpc) is 3.73. The van der Waals surface area contributed by atoms with Crippen LogP contribution in [0.3, 0.4) is 0 Å². The first kappa shape index (κ1) is 26.5. The minimum atomic E-state index is -0.610. The largest absolute Gasteiger partial charge is 0.502 e. The molecular weight excluding hydrogens is 495 g/mol. The normalized spacial score (nSPS) is 16.3. The molecule has 39 heavy (non-hydrogen) atoms. The fourth-order valence-corrected chi connectivity index (χ4v) is 5.11. The van der Waals surface area contributed by atoms with Gasteiger partial charge in [0, 0.05) is 12.6 Å². The molecule has 2 aliphatic rings. The fourth-order valence-electron chi connectivity index (χ4n) is 5.11. The summed E-state index contributed by atoms with van der Waals surface area (Å²) in [6, 6.07) is 17.7. The fraction of sp³-hybridized carbons (Fsp3) is 0.281. The van der Waals surface area contributed by atoms with Crippen molar-refractivity contribution in [1.29, 1.82) is 0 Å². The number of fused-ring (bicyclic) bond motifs is 1. The number of benzene rings is 3. The van der Waals surface area contributed by atoms with E-state index in [0.29, 0.717) is 24.5 Å². The smallest absolute Gasteiger partial charge is 0.242 e. The SMILES string of the molecule is COc1cc(C/C=C2/C(C)=C(C(NC3CC3)C(=O)NCc3ccccc3)c3cc(F)ccc32)cc(OC)c1O. The Morgan fingerprint density at radius 3 is 2.36 bits per heavy atom. The van der Waals surface area contributed by atoms with Gasteiger partial charge in [0.2, 0.25) is 11.7 Å². The standard InChI is InChI=1S/C32H33FN2O4/c1-19-24(13-9-21-15-27(38-2)31(36)28(16-21)39-3)25-14-10-22(33)17-26(25)29(19)30(35-23-11-12-23)32(37)34-18-20-7-5-4-6-8-20/h4-8,10,13-17,23,30,35-36H,9,11-12,18H2,1-3H3,(H,34,37)/b24-13-. The summed E-state index contributed by atoms with van der Waals surface area (Å²) in [5, 5.41) is 16.9. The number of carbonyl (C=O) groups excluding carboxylic acids is 1. The highest BCUT2D eigenvalue weighted by Gasteiger charge is 2.36. The number of phenolic OH excluding ortho intramolecular Hbond substituents is 1. The second-order valence-electron chi connectivity index (χ2n) is 9.98. The lowest BCUT2D eigenvalue weighted by Crippen LogP contribution is -2.45. The van der Waals surface area contributed by atoms with Crippen LogP contribution < -0.4 is 20.1 Å². The minimum Gasteiger partial charge on any atom is -0.502 e. The van der Waals surface area contributed by atoms with Crippen LogP contribution in [0, 0.1) is 5.82 Å². The van der Waals surface area contributed by atoms with Gasteiger partial charge in [0.05, 0.1) is 14.2 Å². The number of ether oxygens (including phenoxy) is 2. The Morgan fingerprint density at radius 1 is 1.03 bits per heavy atom. The Balaban J connectivity index is 1.50. The molecule has 1 fully saturated rings. The van der Waals surface area contributed by atoms with Crippen molar-refractivity contribution in [3.8, 4) is 17.2 Å². The van der Waals surface area contributed by atoms with Crippen LogP contribution in [-0.2, 0) is 17.8 Å². The van der Waals surface area contributed by atoms with Gasteiger partial charge in [-0.3, -0.25) is 10.1 Å². The summed E-state index contributed by atoms with van der Waals surface area (Å²) in [6.07, 6.45) is 4.61. The van der Waals surface area contributed by atoms with Crippen molar-refractivity contribution in [2.24, 2.45) is 0 Å². The second kappa shape index (κ2) is 11.3. The molecule has 1 unspecified atom stereocenters. The lowest BCUT2D eigenvalue weighted by molar-refractivity contribution is -0.122. The van der Waals surface area contributed by atoms with E-state index >= 15 is 0 Å². The van der Waals surface area contributed by atoms with E-state index in [4.69, 9.17) is 9.47 Å². The summed E-state index contributed by atoms with van der Waals surface area (Å²) < 4.78 is 25.2. The first-order valence-electron chi connectivity index (χ1n) is 13.1. The van der Waals surface area contributed by atoms with E-state index in [1.54, 1.807) is 18.2 Å². The first-order chi connectivity index (χ1) is 18.9. The molecule has 5 rings (SSSR count). The molecule has 3 aromatic rings. The monoisotopic (exact) mass is 528 g/mol. The van der Waals surface area contributed by atoms with Gasteiger partial charge < -0.3 is 19.9 Å². The predicted molar refractivity (Wildman–Crippen MR) is 150 cm³/mol. The average molecular weight is 529 g/mol. The highest BCUT2D eigenvalue weighted by atomic mass is 19.1. The van der Waals surface area contributed by atoms with Crippen molar-refractivity contribution >= 4 is 17.1 Å². The molecular formula is C32H33FN2O4. The van der Waals surface area contributed by atoms with Crippen LogP contribution in [0.25, 0.3) is 11.1 Å². The third-order valence-electron chi connectivity index (χ3n) is 7.29. The predicted octanol–water partition coefficient (Wildman–Crippen LogP) is 5.40. The van der Waals surface area contributed by atoms with Gasteiger partial charge >= 0.3 is 0 Å². The van der Waals surface area contributed by atoms with Gasteiger partial charge in [0.1, 0.15) is 11.9 Å². The van der Waals surface area contributed by atoms with Crippen LogP contribution in [0.5, 0.6) is 17.2 Å². The third kappa shape index (κ3) is 5.68. The molecule has 0 aliphatic heterocycles. The summed E-state index contributed by atoms with van der Waals surface area (Å²) in [5.74, 6) is 0.126. The number of amides is 1. The molecule has 0 bridgehead atoms. The van der Waals surface area contributed by atoms with Crippen LogP contribution >= 0.6 is 0 Å². The Kier molecular flexibility index (Phi) is 7.70. The molecule has 202 valence electrons. The summed E-state index contributed by atoms with van der Waals surface area (Å²) in [7, 11) is 2.99. The Labute approximate surface area is 228 Å². The number of halogens is 1. The van der Waals surface area contributed by atoms with E-state index in [0.717, 1.165) is 51.8 Å². The number of hydrogen-bond acceptors (Lipinski definition) is 5. The number of aromatic hydroxyl groups is 1. The van der Waals surface area contributed by atoms with E-state index in [2.05, 4.69) is 16.7 Å². The molecule has 0 spiro atoms. The maximum absolute atomic E-state index is 14.5. The van der Waals surface area contributed by atoms with Gasteiger partial charge in [-0.05, 0) is 89.4 Å². The van der Waals surface area contributed by atoms with Crippen LogP contribution in [-0.4, -0.2) is 37.3 Å². The molecule has 1 saturated carbocycles. The van der Waals surface area contributed by atoms with Gasteiger partial charge in [0.15, 0.2) is 11.5 Å². The summed E-state index contributed by atoms with van der Waals surface area (Å²) in [4.78, 5) is 13.6. The van der Waals surface area contributed by atoms with Gasteiger partial charge in [-0.1, -0.05) is 42.5 Å². The summed E-state index contributed by atoms with van der Waals surface area (Å²) in [6.45, 7) is 2.40. The minimum absolute atomic E-state index is 0.0491. The van der Waals surface area contributed by atoms with Gasteiger partial charge in [0.25, 0.3) is 0 Å². The summed E-state index contributed by atoms with van der Waals surface area (Å²) in [5.41, 5.74) is 6.19. The highest BCUT2D eigenvalue weighted by molar-refractivity contribution is 6.07. The number of carbonyl (C=O) groups is 1. The van der Waals surface area contributed by atoms with Crippen molar-refractivity contribution in [1.82, 2.24) is 10.6 Å². The number of nitrogens with one attached hydrogen (secondary N) is 2. The topological polar surface area (TPSA) is 79.8 Å². The van der Waals surface area contributed by atoms with Crippen molar-refractivity contribution < 1.29 is 23.8 Å². The van der Waals surface area contributed by atoms with Crippen LogP contribution in [0.2, 0.25) is 0 Å². The summed E-state index contributed by atoms with van der Waals surface area (Å²) >= 11 is 0. The zero-order chi connectivity index (χ0) is 27.5. The molecule has 3 N–H and O–H groups in total. The van der Waals surface area contributed by atoms with Crippen molar-refractivity contribution in [3.63, 3.8) is 0 Å².